The van der Waals surface area contributed by atoms with Crippen LogP contribution in [0.25, 0.3) is 0 Å². The Balaban J connectivity index is 1.50. The average Bonchev–Trinajstić information content (AvgIpc) is 3.37. The molecule has 1 fully saturated rings. The van der Waals surface area contributed by atoms with Crippen LogP contribution < -0.4 is 15.4 Å². The maximum absolute atomic E-state index is 6.11. The Morgan fingerprint density at radius 1 is 1.41 bits per heavy atom. The maximum atomic E-state index is 6.11. The van der Waals surface area contributed by atoms with Gasteiger partial charge in [0.1, 0.15) is 5.75 Å². The van der Waals surface area contributed by atoms with Crippen LogP contribution in [0.3, 0.4) is 0 Å². The third-order valence-electron chi connectivity index (χ3n) is 4.58. The van der Waals surface area contributed by atoms with E-state index in [1.54, 1.807) is 13.2 Å². The number of benzene rings is 1. The molecule has 2 aromatic rings. The molecule has 1 saturated heterocycles. The summed E-state index contributed by atoms with van der Waals surface area (Å²) in [6.07, 6.45) is 4.80. The Morgan fingerprint density at radius 2 is 2.33 bits per heavy atom. The topological polar surface area (TPSA) is 72.7 Å². The number of nitrogens with one attached hydrogen (secondary N) is 2. The van der Waals surface area contributed by atoms with Crippen molar-refractivity contribution < 1.29 is 9.47 Å². The zero-order chi connectivity index (χ0) is 18.9. The number of aliphatic imine (C=N–C) groups is 1. The van der Waals surface area contributed by atoms with E-state index < -0.39 is 0 Å². The van der Waals surface area contributed by atoms with Crippen molar-refractivity contribution in [2.75, 3.05) is 33.4 Å². The largest absolute Gasteiger partial charge is 0.493 e. The molecule has 0 bridgehead atoms. The summed E-state index contributed by atoms with van der Waals surface area (Å²) in [6, 6.07) is 8.24. The van der Waals surface area contributed by atoms with Gasteiger partial charge in [0.25, 0.3) is 0 Å². The van der Waals surface area contributed by atoms with Gasteiger partial charge in [-0.25, -0.2) is 0 Å². The summed E-state index contributed by atoms with van der Waals surface area (Å²) in [4.78, 5) is 4.29. The second-order valence-corrected chi connectivity index (χ2v) is 6.77. The van der Waals surface area contributed by atoms with Crippen molar-refractivity contribution in [2.24, 2.45) is 10.9 Å². The Bertz CT molecular complexity index is 724. The highest BCUT2D eigenvalue weighted by molar-refractivity contribution is 5.79. The fourth-order valence-electron chi connectivity index (χ4n) is 2.99. The van der Waals surface area contributed by atoms with Crippen LogP contribution in [0, 0.1) is 12.8 Å². The van der Waals surface area contributed by atoms with Gasteiger partial charge < -0.3 is 20.1 Å². The Kier molecular flexibility index (Phi) is 7.10. The number of aromatic nitrogens is 2. The van der Waals surface area contributed by atoms with Gasteiger partial charge in [-0.05, 0) is 31.0 Å². The van der Waals surface area contributed by atoms with Gasteiger partial charge >= 0.3 is 0 Å². The third-order valence-corrected chi connectivity index (χ3v) is 4.58. The van der Waals surface area contributed by atoms with Crippen molar-refractivity contribution in [1.82, 2.24) is 20.4 Å². The number of aryl methyl sites for hydroxylation is 1. The number of rotatable bonds is 8. The molecular weight excluding hydrogens is 342 g/mol. The minimum Gasteiger partial charge on any atom is -0.493 e. The minimum absolute atomic E-state index is 0.489. The van der Waals surface area contributed by atoms with Crippen LogP contribution in [0.15, 0.2) is 41.7 Å². The molecule has 2 heterocycles. The summed E-state index contributed by atoms with van der Waals surface area (Å²) < 4.78 is 13.4. The molecule has 1 aromatic carbocycles. The molecule has 0 spiro atoms. The first-order valence-electron chi connectivity index (χ1n) is 9.46. The van der Waals surface area contributed by atoms with Crippen molar-refractivity contribution in [3.63, 3.8) is 0 Å². The fraction of sp³-hybridized carbons (Fsp3) is 0.500. The first kappa shape index (κ1) is 19.2. The van der Waals surface area contributed by atoms with Gasteiger partial charge in [0.05, 0.1) is 19.8 Å². The lowest BCUT2D eigenvalue weighted by molar-refractivity contribution is 0.166. The highest BCUT2D eigenvalue weighted by atomic mass is 16.5. The van der Waals surface area contributed by atoms with Crippen LogP contribution in [0.1, 0.15) is 17.5 Å². The molecule has 0 amide bonds. The SMILES string of the molecule is CN=C(NCCn1cccn1)NCc1ccc(C)cc1OCC1CCOC1. The monoisotopic (exact) mass is 371 g/mol. The summed E-state index contributed by atoms with van der Waals surface area (Å²) >= 11 is 0. The van der Waals surface area contributed by atoms with Gasteiger partial charge in [-0.15, -0.1) is 0 Å². The van der Waals surface area contributed by atoms with Gasteiger partial charge in [-0.1, -0.05) is 12.1 Å². The fourth-order valence-corrected chi connectivity index (χ4v) is 2.99. The smallest absolute Gasteiger partial charge is 0.191 e. The van der Waals surface area contributed by atoms with E-state index in [0.29, 0.717) is 19.1 Å². The average molecular weight is 371 g/mol. The number of guanidine groups is 1. The van der Waals surface area contributed by atoms with Crippen LogP contribution >= 0.6 is 0 Å². The predicted molar refractivity (Wildman–Crippen MR) is 106 cm³/mol. The lowest BCUT2D eigenvalue weighted by Crippen LogP contribution is -2.38. The Labute approximate surface area is 160 Å². The second-order valence-electron chi connectivity index (χ2n) is 6.77. The number of ether oxygens (including phenoxy) is 2. The van der Waals surface area contributed by atoms with Crippen LogP contribution in [-0.4, -0.2) is 49.2 Å². The summed E-state index contributed by atoms with van der Waals surface area (Å²) in [6.45, 7) is 6.61. The van der Waals surface area contributed by atoms with Crippen LogP contribution in [0.5, 0.6) is 5.75 Å². The summed E-state index contributed by atoms with van der Waals surface area (Å²) in [5.74, 6) is 2.18. The molecular formula is C20H29N5O2. The zero-order valence-corrected chi connectivity index (χ0v) is 16.1. The summed E-state index contributed by atoms with van der Waals surface area (Å²) in [5.41, 5.74) is 2.31. The van der Waals surface area contributed by atoms with E-state index in [9.17, 15) is 0 Å². The normalized spacial score (nSPS) is 17.1. The lowest BCUT2D eigenvalue weighted by Gasteiger charge is -2.17. The Hall–Kier alpha value is -2.54. The van der Waals surface area contributed by atoms with E-state index in [1.165, 1.54) is 5.56 Å². The van der Waals surface area contributed by atoms with Crippen molar-refractivity contribution in [1.29, 1.82) is 0 Å². The molecule has 7 heteroatoms. The van der Waals surface area contributed by atoms with Crippen molar-refractivity contribution in [3.8, 4) is 5.75 Å². The predicted octanol–water partition coefficient (Wildman–Crippen LogP) is 1.97. The molecule has 146 valence electrons. The second kappa shape index (κ2) is 9.97. The lowest BCUT2D eigenvalue weighted by atomic mass is 10.1. The third kappa shape index (κ3) is 5.99. The number of hydrogen-bond acceptors (Lipinski definition) is 4. The van der Waals surface area contributed by atoms with Crippen LogP contribution in [0.2, 0.25) is 0 Å². The molecule has 0 saturated carbocycles. The van der Waals surface area contributed by atoms with E-state index in [0.717, 1.165) is 50.0 Å². The molecule has 2 N–H and O–H groups in total. The van der Waals surface area contributed by atoms with E-state index in [-0.39, 0.29) is 0 Å². The molecule has 27 heavy (non-hydrogen) atoms. The van der Waals surface area contributed by atoms with Gasteiger partial charge in [0, 0.05) is 50.6 Å². The Morgan fingerprint density at radius 3 is 3.07 bits per heavy atom. The molecule has 1 atom stereocenters. The summed E-state index contributed by atoms with van der Waals surface area (Å²) in [5, 5.41) is 10.9. The first-order valence-corrected chi connectivity index (χ1v) is 9.46. The molecule has 1 unspecified atom stereocenters. The van der Waals surface area contributed by atoms with Gasteiger partial charge in [-0.2, -0.15) is 5.10 Å². The number of nitrogens with zero attached hydrogens (tertiary/aromatic N) is 3. The first-order chi connectivity index (χ1) is 13.2. The quantitative estimate of drug-likeness (QED) is 0.548. The highest BCUT2D eigenvalue weighted by Gasteiger charge is 2.17. The van der Waals surface area contributed by atoms with Gasteiger partial charge in [0.15, 0.2) is 5.96 Å². The van der Waals surface area contributed by atoms with Crippen molar-refractivity contribution in [3.05, 3.63) is 47.8 Å². The van der Waals surface area contributed by atoms with Crippen LogP contribution in [-0.2, 0) is 17.8 Å². The van der Waals surface area contributed by atoms with Gasteiger partial charge in [-0.3, -0.25) is 9.67 Å². The molecule has 0 radical (unpaired) electrons. The molecule has 7 nitrogen and oxygen atoms in total. The molecule has 1 aromatic heterocycles. The summed E-state index contributed by atoms with van der Waals surface area (Å²) in [7, 11) is 1.77. The van der Waals surface area contributed by atoms with E-state index in [2.05, 4.69) is 45.8 Å². The van der Waals surface area contributed by atoms with Crippen LogP contribution in [0.4, 0.5) is 0 Å². The molecule has 1 aliphatic rings. The van der Waals surface area contributed by atoms with Gasteiger partial charge in [0.2, 0.25) is 0 Å². The molecule has 3 rings (SSSR count). The highest BCUT2D eigenvalue weighted by Crippen LogP contribution is 2.22. The van der Waals surface area contributed by atoms with Crippen molar-refractivity contribution >= 4 is 5.96 Å². The zero-order valence-electron chi connectivity index (χ0n) is 16.1. The van der Waals surface area contributed by atoms with Crippen molar-refractivity contribution in [2.45, 2.75) is 26.4 Å². The minimum atomic E-state index is 0.489. The van der Waals surface area contributed by atoms with E-state index >= 15 is 0 Å². The maximum Gasteiger partial charge on any atom is 0.191 e. The molecule has 1 aliphatic heterocycles. The molecule has 0 aliphatic carbocycles. The number of hydrogen-bond donors (Lipinski definition) is 2. The van der Waals surface area contributed by atoms with E-state index in [1.807, 2.05) is 16.9 Å². The standard InChI is InChI=1S/C20H29N5O2/c1-16-4-5-18(19(12-16)27-15-17-6-11-26-14-17)13-23-20(21-2)22-8-10-25-9-3-7-24-25/h3-5,7,9,12,17H,6,8,10-11,13-15H2,1-2H3,(H2,21,22,23). The van der Waals surface area contributed by atoms with E-state index in [4.69, 9.17) is 9.47 Å².